The Morgan fingerprint density at radius 3 is 2.68 bits per heavy atom. The van der Waals surface area contributed by atoms with Crippen molar-refractivity contribution in [3.05, 3.63) is 48.2 Å². The number of hydrogen-bond acceptors (Lipinski definition) is 4. The smallest absolute Gasteiger partial charge is 0.263 e. The SMILES string of the molecule is Cc1cccc(NC(=O)COc2ccc(N)cc2)n1. The maximum absolute atomic E-state index is 11.7. The number of aryl methyl sites for hydroxylation is 1. The van der Waals surface area contributed by atoms with Gasteiger partial charge in [0.1, 0.15) is 11.6 Å². The molecule has 5 heteroatoms. The van der Waals surface area contributed by atoms with Crippen molar-refractivity contribution in [1.82, 2.24) is 4.98 Å². The van der Waals surface area contributed by atoms with E-state index in [0.29, 0.717) is 17.3 Å². The third-order valence-corrected chi connectivity index (χ3v) is 2.41. The summed E-state index contributed by atoms with van der Waals surface area (Å²) in [7, 11) is 0. The van der Waals surface area contributed by atoms with Crippen LogP contribution in [0.3, 0.4) is 0 Å². The number of ether oxygens (including phenoxy) is 1. The molecule has 1 aromatic carbocycles. The number of benzene rings is 1. The van der Waals surface area contributed by atoms with E-state index in [1.54, 1.807) is 30.3 Å². The molecule has 2 rings (SSSR count). The van der Waals surface area contributed by atoms with Gasteiger partial charge in [0.2, 0.25) is 0 Å². The Hall–Kier alpha value is -2.56. The number of nitrogens with two attached hydrogens (primary N) is 1. The molecule has 0 saturated heterocycles. The van der Waals surface area contributed by atoms with E-state index in [2.05, 4.69) is 10.3 Å². The third kappa shape index (κ3) is 3.99. The van der Waals surface area contributed by atoms with Gasteiger partial charge in [-0.3, -0.25) is 4.79 Å². The lowest BCUT2D eigenvalue weighted by molar-refractivity contribution is -0.118. The van der Waals surface area contributed by atoms with Gasteiger partial charge in [-0.05, 0) is 43.3 Å². The van der Waals surface area contributed by atoms with Gasteiger partial charge in [-0.1, -0.05) is 6.07 Å². The predicted octanol–water partition coefficient (Wildman–Crippen LogP) is 1.99. The molecule has 1 heterocycles. The fourth-order valence-electron chi connectivity index (χ4n) is 1.50. The van der Waals surface area contributed by atoms with Gasteiger partial charge in [-0.25, -0.2) is 4.98 Å². The minimum Gasteiger partial charge on any atom is -0.484 e. The topological polar surface area (TPSA) is 77.2 Å². The zero-order chi connectivity index (χ0) is 13.7. The van der Waals surface area contributed by atoms with Crippen molar-refractivity contribution in [1.29, 1.82) is 0 Å². The second-order valence-electron chi connectivity index (χ2n) is 4.07. The molecule has 0 aliphatic carbocycles. The van der Waals surface area contributed by atoms with Crippen LogP contribution in [0.25, 0.3) is 0 Å². The number of rotatable bonds is 4. The summed E-state index contributed by atoms with van der Waals surface area (Å²) in [6.45, 7) is 1.79. The quantitative estimate of drug-likeness (QED) is 0.821. The monoisotopic (exact) mass is 257 g/mol. The second-order valence-corrected chi connectivity index (χ2v) is 4.07. The number of nitrogen functional groups attached to an aromatic ring is 1. The molecule has 0 fully saturated rings. The minimum atomic E-state index is -0.255. The molecule has 1 aromatic heterocycles. The van der Waals surface area contributed by atoms with Crippen LogP contribution in [0.2, 0.25) is 0 Å². The molecule has 1 amide bonds. The highest BCUT2D eigenvalue weighted by Crippen LogP contribution is 2.13. The first-order valence-electron chi connectivity index (χ1n) is 5.85. The van der Waals surface area contributed by atoms with Gasteiger partial charge in [0.15, 0.2) is 6.61 Å². The lowest BCUT2D eigenvalue weighted by atomic mass is 10.3. The van der Waals surface area contributed by atoms with Crippen LogP contribution in [0, 0.1) is 6.92 Å². The predicted molar refractivity (Wildman–Crippen MR) is 74.0 cm³/mol. The Balaban J connectivity index is 1.86. The van der Waals surface area contributed by atoms with Crippen LogP contribution in [-0.2, 0) is 4.79 Å². The van der Waals surface area contributed by atoms with Gasteiger partial charge in [0.25, 0.3) is 5.91 Å². The summed E-state index contributed by atoms with van der Waals surface area (Å²) in [5, 5.41) is 2.66. The molecule has 0 bridgehead atoms. The van der Waals surface area contributed by atoms with Crippen molar-refractivity contribution in [3.8, 4) is 5.75 Å². The number of carbonyl (C=O) groups excluding carboxylic acids is 1. The van der Waals surface area contributed by atoms with E-state index >= 15 is 0 Å². The molecule has 0 spiro atoms. The molecular weight excluding hydrogens is 242 g/mol. The molecule has 2 aromatic rings. The number of hydrogen-bond donors (Lipinski definition) is 2. The van der Waals surface area contributed by atoms with Gasteiger partial charge >= 0.3 is 0 Å². The van der Waals surface area contributed by atoms with Crippen molar-refractivity contribution >= 4 is 17.4 Å². The van der Waals surface area contributed by atoms with Crippen LogP contribution in [0.1, 0.15) is 5.69 Å². The molecule has 0 saturated carbocycles. The van der Waals surface area contributed by atoms with E-state index in [1.807, 2.05) is 19.1 Å². The first-order valence-corrected chi connectivity index (χ1v) is 5.85. The summed E-state index contributed by atoms with van der Waals surface area (Å²) < 4.78 is 5.33. The Kier molecular flexibility index (Phi) is 3.97. The highest BCUT2D eigenvalue weighted by Gasteiger charge is 2.04. The summed E-state index contributed by atoms with van der Waals surface area (Å²) in [6.07, 6.45) is 0. The van der Waals surface area contributed by atoms with E-state index in [4.69, 9.17) is 10.5 Å². The maximum Gasteiger partial charge on any atom is 0.263 e. The number of amides is 1. The van der Waals surface area contributed by atoms with Gasteiger partial charge in [-0.15, -0.1) is 0 Å². The maximum atomic E-state index is 11.7. The van der Waals surface area contributed by atoms with Crippen molar-refractivity contribution in [2.45, 2.75) is 6.92 Å². The van der Waals surface area contributed by atoms with E-state index < -0.39 is 0 Å². The summed E-state index contributed by atoms with van der Waals surface area (Å²) in [6, 6.07) is 12.3. The van der Waals surface area contributed by atoms with E-state index in [0.717, 1.165) is 5.69 Å². The van der Waals surface area contributed by atoms with Crippen molar-refractivity contribution in [2.75, 3.05) is 17.7 Å². The summed E-state index contributed by atoms with van der Waals surface area (Å²) in [4.78, 5) is 15.8. The standard InChI is InChI=1S/C14H15N3O2/c1-10-3-2-4-13(16-10)17-14(18)9-19-12-7-5-11(15)6-8-12/h2-8H,9,15H2,1H3,(H,16,17,18). The van der Waals surface area contributed by atoms with Gasteiger partial charge in [0.05, 0.1) is 0 Å². The number of nitrogens with one attached hydrogen (secondary N) is 1. The number of nitrogens with zero attached hydrogens (tertiary/aromatic N) is 1. The molecule has 0 radical (unpaired) electrons. The van der Waals surface area contributed by atoms with Gasteiger partial charge in [-0.2, -0.15) is 0 Å². The lowest BCUT2D eigenvalue weighted by Gasteiger charge is -2.07. The molecule has 19 heavy (non-hydrogen) atoms. The van der Waals surface area contributed by atoms with Crippen LogP contribution in [0.15, 0.2) is 42.5 Å². The molecular formula is C14H15N3O2. The average molecular weight is 257 g/mol. The van der Waals surface area contributed by atoms with Crippen molar-refractivity contribution < 1.29 is 9.53 Å². The van der Waals surface area contributed by atoms with Gasteiger partial charge < -0.3 is 15.8 Å². The Morgan fingerprint density at radius 2 is 2.00 bits per heavy atom. The molecule has 98 valence electrons. The Labute approximate surface area is 111 Å². The molecule has 0 aliphatic heterocycles. The zero-order valence-electron chi connectivity index (χ0n) is 10.6. The molecule has 5 nitrogen and oxygen atoms in total. The number of aromatic nitrogens is 1. The highest BCUT2D eigenvalue weighted by atomic mass is 16.5. The van der Waals surface area contributed by atoms with E-state index in [1.165, 1.54) is 0 Å². The second kappa shape index (κ2) is 5.86. The lowest BCUT2D eigenvalue weighted by Crippen LogP contribution is -2.20. The average Bonchev–Trinajstić information content (AvgIpc) is 2.38. The fourth-order valence-corrected chi connectivity index (χ4v) is 1.50. The number of pyridine rings is 1. The zero-order valence-corrected chi connectivity index (χ0v) is 10.6. The van der Waals surface area contributed by atoms with Gasteiger partial charge in [0, 0.05) is 11.4 Å². The summed E-state index contributed by atoms with van der Waals surface area (Å²) >= 11 is 0. The molecule has 0 aliphatic rings. The van der Waals surface area contributed by atoms with Crippen molar-refractivity contribution in [3.63, 3.8) is 0 Å². The normalized spacial score (nSPS) is 9.95. The fraction of sp³-hybridized carbons (Fsp3) is 0.143. The first kappa shape index (κ1) is 12.9. The van der Waals surface area contributed by atoms with Crippen LogP contribution < -0.4 is 15.8 Å². The van der Waals surface area contributed by atoms with E-state index in [-0.39, 0.29) is 12.5 Å². The van der Waals surface area contributed by atoms with Crippen molar-refractivity contribution in [2.24, 2.45) is 0 Å². The largest absolute Gasteiger partial charge is 0.484 e. The number of anilines is 2. The summed E-state index contributed by atoms with van der Waals surface area (Å²) in [5.41, 5.74) is 7.05. The van der Waals surface area contributed by atoms with E-state index in [9.17, 15) is 4.79 Å². The molecule has 0 unspecified atom stereocenters. The van der Waals surface area contributed by atoms with Crippen LogP contribution in [0.4, 0.5) is 11.5 Å². The van der Waals surface area contributed by atoms with Crippen LogP contribution in [0.5, 0.6) is 5.75 Å². The Bertz CT molecular complexity index is 567. The Morgan fingerprint density at radius 1 is 1.26 bits per heavy atom. The van der Waals surface area contributed by atoms with Crippen LogP contribution >= 0.6 is 0 Å². The van der Waals surface area contributed by atoms with Crippen LogP contribution in [-0.4, -0.2) is 17.5 Å². The highest BCUT2D eigenvalue weighted by molar-refractivity contribution is 5.90. The number of carbonyl (C=O) groups is 1. The minimum absolute atomic E-state index is 0.0699. The summed E-state index contributed by atoms with van der Waals surface area (Å²) in [5.74, 6) is 0.863. The molecule has 0 atom stereocenters. The molecule has 3 N–H and O–H groups in total. The third-order valence-electron chi connectivity index (χ3n) is 2.41. The first-order chi connectivity index (χ1) is 9.13.